The largest absolute Gasteiger partial charge is 0.479 e. The predicted molar refractivity (Wildman–Crippen MR) is 64.6 cm³/mol. The smallest absolute Gasteiger partial charge is 0.242 e. The maximum Gasteiger partial charge on any atom is 0.242 e. The molecular weight excluding hydrogens is 224 g/mol. The summed E-state index contributed by atoms with van der Waals surface area (Å²) in [6.07, 6.45) is 1.42. The van der Waals surface area contributed by atoms with Gasteiger partial charge in [0, 0.05) is 4.88 Å². The van der Waals surface area contributed by atoms with Gasteiger partial charge in [0.2, 0.25) is 5.88 Å². The van der Waals surface area contributed by atoms with E-state index in [4.69, 9.17) is 10.5 Å². The van der Waals surface area contributed by atoms with Gasteiger partial charge in [0.25, 0.3) is 0 Å². The van der Waals surface area contributed by atoms with E-state index in [-0.39, 0.29) is 0 Å². The van der Waals surface area contributed by atoms with E-state index in [9.17, 15) is 0 Å². The van der Waals surface area contributed by atoms with E-state index in [1.807, 2.05) is 17.5 Å². The Labute approximate surface area is 97.3 Å². The van der Waals surface area contributed by atoms with E-state index in [0.717, 1.165) is 0 Å². The van der Waals surface area contributed by atoms with Crippen LogP contribution in [0.1, 0.15) is 4.88 Å². The van der Waals surface area contributed by atoms with Crippen LogP contribution in [-0.2, 0) is 6.54 Å². The molecule has 2 heterocycles. The molecule has 0 aromatic carbocycles. The molecule has 2 aromatic heterocycles. The number of thiophene rings is 1. The first-order valence-corrected chi connectivity index (χ1v) is 5.60. The fourth-order valence-corrected chi connectivity index (χ4v) is 1.91. The number of methoxy groups -OCH3 is 1. The van der Waals surface area contributed by atoms with Crippen LogP contribution >= 0.6 is 11.3 Å². The van der Waals surface area contributed by atoms with Crippen molar-refractivity contribution >= 4 is 22.8 Å². The van der Waals surface area contributed by atoms with Crippen LogP contribution in [0.5, 0.6) is 5.88 Å². The lowest BCUT2D eigenvalue weighted by Crippen LogP contribution is -2.06. The molecule has 0 spiro atoms. The van der Waals surface area contributed by atoms with Crippen LogP contribution in [0, 0.1) is 0 Å². The van der Waals surface area contributed by atoms with E-state index in [2.05, 4.69) is 15.3 Å². The van der Waals surface area contributed by atoms with E-state index in [1.165, 1.54) is 18.3 Å². The van der Waals surface area contributed by atoms with E-state index in [1.54, 1.807) is 11.3 Å². The molecule has 5 nitrogen and oxygen atoms in total. The highest BCUT2D eigenvalue weighted by Gasteiger charge is 2.07. The zero-order valence-electron chi connectivity index (χ0n) is 8.80. The number of nitrogens with one attached hydrogen (secondary N) is 1. The number of nitrogens with zero attached hydrogens (tertiary/aromatic N) is 2. The number of rotatable bonds is 4. The molecule has 2 rings (SSSR count). The van der Waals surface area contributed by atoms with E-state index >= 15 is 0 Å². The normalized spacial score (nSPS) is 10.1. The molecule has 0 fully saturated rings. The molecule has 0 amide bonds. The Morgan fingerprint density at radius 1 is 1.50 bits per heavy atom. The first-order valence-electron chi connectivity index (χ1n) is 4.72. The van der Waals surface area contributed by atoms with Gasteiger partial charge in [-0.05, 0) is 11.4 Å². The monoisotopic (exact) mass is 236 g/mol. The van der Waals surface area contributed by atoms with Crippen LogP contribution in [0.15, 0.2) is 23.8 Å². The number of anilines is 2. The first-order chi connectivity index (χ1) is 7.81. The van der Waals surface area contributed by atoms with Crippen LogP contribution < -0.4 is 15.8 Å². The summed E-state index contributed by atoms with van der Waals surface area (Å²) < 4.78 is 5.01. The molecule has 0 saturated heterocycles. The molecule has 0 bridgehead atoms. The average Bonchev–Trinajstić information content (AvgIpc) is 2.81. The third-order valence-electron chi connectivity index (χ3n) is 2.05. The first kappa shape index (κ1) is 10.7. The Kier molecular flexibility index (Phi) is 3.21. The SMILES string of the molecule is COc1ncnc(NCc2cccs2)c1N. The van der Waals surface area contributed by atoms with Gasteiger partial charge >= 0.3 is 0 Å². The molecular formula is C10H12N4OS. The number of ether oxygens (including phenoxy) is 1. The number of nitrogens with two attached hydrogens (primary N) is 1. The maximum atomic E-state index is 5.82. The zero-order chi connectivity index (χ0) is 11.4. The topological polar surface area (TPSA) is 73.1 Å². The summed E-state index contributed by atoms with van der Waals surface area (Å²) in [7, 11) is 1.53. The van der Waals surface area contributed by atoms with Gasteiger partial charge in [0.15, 0.2) is 5.82 Å². The van der Waals surface area contributed by atoms with Crippen molar-refractivity contribution in [3.63, 3.8) is 0 Å². The van der Waals surface area contributed by atoms with Crippen LogP contribution in [0.4, 0.5) is 11.5 Å². The van der Waals surface area contributed by atoms with Crippen molar-refractivity contribution in [3.05, 3.63) is 28.7 Å². The summed E-state index contributed by atoms with van der Waals surface area (Å²) in [5.41, 5.74) is 6.26. The van der Waals surface area contributed by atoms with Gasteiger partial charge in [0.1, 0.15) is 12.0 Å². The molecule has 3 N–H and O–H groups in total. The molecule has 16 heavy (non-hydrogen) atoms. The second-order valence-electron chi connectivity index (χ2n) is 3.08. The van der Waals surface area contributed by atoms with Crippen molar-refractivity contribution in [1.29, 1.82) is 0 Å². The summed E-state index contributed by atoms with van der Waals surface area (Å²) in [5, 5.41) is 5.17. The van der Waals surface area contributed by atoms with Crippen molar-refractivity contribution in [1.82, 2.24) is 9.97 Å². The molecule has 0 aliphatic carbocycles. The average molecular weight is 236 g/mol. The Bertz CT molecular complexity index is 458. The third kappa shape index (κ3) is 2.22. The quantitative estimate of drug-likeness (QED) is 0.846. The van der Waals surface area contributed by atoms with Crippen molar-refractivity contribution in [3.8, 4) is 5.88 Å². The minimum absolute atomic E-state index is 0.392. The molecule has 2 aromatic rings. The Morgan fingerprint density at radius 2 is 2.38 bits per heavy atom. The molecule has 0 aliphatic heterocycles. The fourth-order valence-electron chi connectivity index (χ4n) is 1.27. The molecule has 0 atom stereocenters. The summed E-state index contributed by atoms with van der Waals surface area (Å²) in [4.78, 5) is 9.19. The van der Waals surface area contributed by atoms with Gasteiger partial charge in [-0.2, -0.15) is 4.98 Å². The van der Waals surface area contributed by atoms with Gasteiger partial charge < -0.3 is 15.8 Å². The molecule has 84 valence electrons. The van der Waals surface area contributed by atoms with E-state index < -0.39 is 0 Å². The zero-order valence-corrected chi connectivity index (χ0v) is 9.62. The molecule has 0 unspecified atom stereocenters. The standard InChI is InChI=1S/C10H12N4OS/c1-15-10-8(11)9(13-6-14-10)12-5-7-3-2-4-16-7/h2-4,6H,5,11H2,1H3,(H,12,13,14). The van der Waals surface area contributed by atoms with Crippen LogP contribution in [0.3, 0.4) is 0 Å². The lowest BCUT2D eigenvalue weighted by Gasteiger charge is -2.08. The van der Waals surface area contributed by atoms with Crippen LogP contribution in [0.25, 0.3) is 0 Å². The summed E-state index contributed by atoms with van der Waals surface area (Å²) in [6.45, 7) is 0.696. The fraction of sp³-hybridized carbons (Fsp3) is 0.200. The van der Waals surface area contributed by atoms with Crippen molar-refractivity contribution in [2.24, 2.45) is 0 Å². The lowest BCUT2D eigenvalue weighted by molar-refractivity contribution is 0.399. The summed E-state index contributed by atoms with van der Waals surface area (Å²) in [5.74, 6) is 0.990. The van der Waals surface area contributed by atoms with Gasteiger partial charge in [-0.3, -0.25) is 0 Å². The van der Waals surface area contributed by atoms with Crippen molar-refractivity contribution in [2.45, 2.75) is 6.54 Å². The summed E-state index contributed by atoms with van der Waals surface area (Å²) >= 11 is 1.68. The highest BCUT2D eigenvalue weighted by molar-refractivity contribution is 7.09. The number of hydrogen-bond acceptors (Lipinski definition) is 6. The van der Waals surface area contributed by atoms with Gasteiger partial charge in [-0.25, -0.2) is 4.98 Å². The predicted octanol–water partition coefficient (Wildman–Crippen LogP) is 1.74. The number of hydrogen-bond donors (Lipinski definition) is 2. The van der Waals surface area contributed by atoms with Gasteiger partial charge in [-0.15, -0.1) is 11.3 Å². The molecule has 0 saturated carbocycles. The van der Waals surface area contributed by atoms with Crippen LogP contribution in [-0.4, -0.2) is 17.1 Å². The molecule has 0 aliphatic rings. The van der Waals surface area contributed by atoms with Crippen molar-refractivity contribution in [2.75, 3.05) is 18.2 Å². The van der Waals surface area contributed by atoms with Gasteiger partial charge in [-0.1, -0.05) is 6.07 Å². The number of aromatic nitrogens is 2. The second-order valence-corrected chi connectivity index (χ2v) is 4.11. The minimum Gasteiger partial charge on any atom is -0.479 e. The number of nitrogen functional groups attached to an aromatic ring is 1. The van der Waals surface area contributed by atoms with Crippen LogP contribution in [0.2, 0.25) is 0 Å². The van der Waals surface area contributed by atoms with Crippen molar-refractivity contribution < 1.29 is 4.74 Å². The highest BCUT2D eigenvalue weighted by Crippen LogP contribution is 2.24. The van der Waals surface area contributed by atoms with Gasteiger partial charge in [0.05, 0.1) is 13.7 Å². The lowest BCUT2D eigenvalue weighted by atomic mass is 10.4. The Balaban J connectivity index is 2.09. The maximum absolute atomic E-state index is 5.82. The van der Waals surface area contributed by atoms with E-state index in [0.29, 0.717) is 23.9 Å². The molecule has 0 radical (unpaired) electrons. The minimum atomic E-state index is 0.392. The Morgan fingerprint density at radius 3 is 3.06 bits per heavy atom. The highest BCUT2D eigenvalue weighted by atomic mass is 32.1. The third-order valence-corrected chi connectivity index (χ3v) is 2.93. The second kappa shape index (κ2) is 4.80. The summed E-state index contributed by atoms with van der Waals surface area (Å²) in [6, 6.07) is 4.05. The Hall–Kier alpha value is -1.82. The molecule has 6 heteroatoms.